The summed E-state index contributed by atoms with van der Waals surface area (Å²) in [6.45, 7) is 1.57. The Balaban J connectivity index is 3.69. The number of aliphatic hydroxyl groups excluding tert-OH is 1. The fourth-order valence-corrected chi connectivity index (χ4v) is 1.51. The van der Waals surface area contributed by atoms with Crippen LogP contribution in [0.25, 0.3) is 0 Å². The third-order valence-corrected chi connectivity index (χ3v) is 2.52. The van der Waals surface area contributed by atoms with Gasteiger partial charge in [0, 0.05) is 6.04 Å². The molecular formula is C9H18N2O4S. The van der Waals surface area contributed by atoms with Crippen LogP contribution in [0.2, 0.25) is 0 Å². The van der Waals surface area contributed by atoms with Crippen molar-refractivity contribution in [2.75, 3.05) is 18.6 Å². The van der Waals surface area contributed by atoms with Crippen molar-refractivity contribution >= 4 is 23.8 Å². The average Bonchev–Trinajstić information content (AvgIpc) is 2.22. The Bertz CT molecular complexity index is 238. The molecule has 7 heteroatoms. The smallest absolute Gasteiger partial charge is 0.334 e. The third kappa shape index (κ3) is 7.36. The largest absolute Gasteiger partial charge is 0.479 e. The van der Waals surface area contributed by atoms with E-state index >= 15 is 0 Å². The molecule has 0 aromatic rings. The molecule has 2 unspecified atom stereocenters. The highest BCUT2D eigenvalue weighted by Gasteiger charge is 2.14. The van der Waals surface area contributed by atoms with Gasteiger partial charge in [-0.2, -0.15) is 11.8 Å². The first kappa shape index (κ1) is 15.0. The van der Waals surface area contributed by atoms with Gasteiger partial charge in [-0.25, -0.2) is 9.59 Å². The molecule has 6 nitrogen and oxygen atoms in total. The summed E-state index contributed by atoms with van der Waals surface area (Å²) in [7, 11) is 0. The molecule has 0 aliphatic heterocycles. The summed E-state index contributed by atoms with van der Waals surface area (Å²) in [6, 6.07) is -0.441. The van der Waals surface area contributed by atoms with E-state index in [4.69, 9.17) is 10.2 Å². The molecule has 0 aromatic carbocycles. The minimum absolute atomic E-state index is 0.0226. The highest BCUT2D eigenvalue weighted by atomic mass is 32.2. The van der Waals surface area contributed by atoms with E-state index < -0.39 is 18.1 Å². The number of hydrogen-bond donors (Lipinski definition) is 4. The minimum Gasteiger partial charge on any atom is -0.479 e. The Morgan fingerprint density at radius 2 is 2.06 bits per heavy atom. The molecule has 0 spiro atoms. The highest BCUT2D eigenvalue weighted by Crippen LogP contribution is 1.99. The van der Waals surface area contributed by atoms with E-state index in [9.17, 15) is 9.59 Å². The van der Waals surface area contributed by atoms with E-state index in [1.165, 1.54) is 0 Å². The number of carbonyl (C=O) groups is 2. The molecule has 0 heterocycles. The van der Waals surface area contributed by atoms with Crippen LogP contribution < -0.4 is 10.6 Å². The van der Waals surface area contributed by atoms with Gasteiger partial charge < -0.3 is 20.8 Å². The molecule has 2 atom stereocenters. The lowest BCUT2D eigenvalue weighted by Crippen LogP contribution is -2.45. The lowest BCUT2D eigenvalue weighted by atomic mass is 10.3. The van der Waals surface area contributed by atoms with Gasteiger partial charge in [-0.05, 0) is 25.4 Å². The van der Waals surface area contributed by atoms with Crippen LogP contribution in [0.4, 0.5) is 4.79 Å². The number of carboxylic acids is 1. The van der Waals surface area contributed by atoms with Crippen molar-refractivity contribution in [1.82, 2.24) is 10.6 Å². The number of aliphatic carboxylic acids is 1. The Hall–Kier alpha value is -0.950. The maximum atomic E-state index is 11.2. The van der Waals surface area contributed by atoms with E-state index in [1.807, 2.05) is 13.2 Å². The van der Waals surface area contributed by atoms with Gasteiger partial charge in [-0.3, -0.25) is 0 Å². The van der Waals surface area contributed by atoms with Crippen LogP contribution in [-0.2, 0) is 4.79 Å². The Morgan fingerprint density at radius 3 is 2.56 bits per heavy atom. The lowest BCUT2D eigenvalue weighted by molar-refractivity contribution is -0.146. The van der Waals surface area contributed by atoms with Gasteiger partial charge in [0.15, 0.2) is 6.10 Å². The van der Waals surface area contributed by atoms with Crippen LogP contribution in [0.3, 0.4) is 0 Å². The average molecular weight is 250 g/mol. The van der Waals surface area contributed by atoms with Gasteiger partial charge in [0.1, 0.15) is 0 Å². The number of carbonyl (C=O) groups excluding carboxylic acids is 1. The van der Waals surface area contributed by atoms with Crippen molar-refractivity contribution in [3.8, 4) is 0 Å². The number of carboxylic acid groups (broad SMARTS) is 1. The van der Waals surface area contributed by atoms with E-state index in [0.29, 0.717) is 0 Å². The summed E-state index contributed by atoms with van der Waals surface area (Å²) in [4.78, 5) is 21.5. The van der Waals surface area contributed by atoms with Crippen molar-refractivity contribution < 1.29 is 19.8 Å². The summed E-state index contributed by atoms with van der Waals surface area (Å²) in [6.07, 6.45) is 1.26. The van der Waals surface area contributed by atoms with Gasteiger partial charge in [0.05, 0.1) is 6.54 Å². The monoisotopic (exact) mass is 250 g/mol. The number of hydrogen-bond acceptors (Lipinski definition) is 4. The standard InChI is InChI=1S/C9H18N2O4S/c1-6(3-4-16-2)11-9(15)10-5-7(12)8(13)14/h6-7,12H,3-5H2,1-2H3,(H,13,14)(H2,10,11,15). The van der Waals surface area contributed by atoms with Gasteiger partial charge >= 0.3 is 12.0 Å². The van der Waals surface area contributed by atoms with E-state index in [1.54, 1.807) is 11.8 Å². The van der Waals surface area contributed by atoms with Crippen molar-refractivity contribution in [1.29, 1.82) is 0 Å². The number of rotatable bonds is 7. The second-order valence-electron chi connectivity index (χ2n) is 3.39. The molecule has 16 heavy (non-hydrogen) atoms. The van der Waals surface area contributed by atoms with E-state index in [0.717, 1.165) is 12.2 Å². The van der Waals surface area contributed by atoms with E-state index in [2.05, 4.69) is 10.6 Å². The van der Waals surface area contributed by atoms with Crippen molar-refractivity contribution in [2.45, 2.75) is 25.5 Å². The van der Waals surface area contributed by atoms with Gasteiger partial charge in [0.25, 0.3) is 0 Å². The molecule has 0 radical (unpaired) electrons. The molecule has 0 aliphatic carbocycles. The van der Waals surface area contributed by atoms with Crippen LogP contribution in [0.15, 0.2) is 0 Å². The maximum Gasteiger partial charge on any atom is 0.334 e. The quantitative estimate of drug-likeness (QED) is 0.504. The van der Waals surface area contributed by atoms with Crippen molar-refractivity contribution in [3.63, 3.8) is 0 Å². The summed E-state index contributed by atoms with van der Waals surface area (Å²) in [5.74, 6) is -0.408. The fourth-order valence-electron chi connectivity index (χ4n) is 0.918. The molecule has 0 saturated heterocycles. The SMILES string of the molecule is CSCCC(C)NC(=O)NCC(O)C(=O)O. The number of nitrogens with one attached hydrogen (secondary N) is 2. The second kappa shape index (κ2) is 8.23. The van der Waals surface area contributed by atoms with Crippen LogP contribution in [0.1, 0.15) is 13.3 Å². The Morgan fingerprint density at radius 1 is 1.44 bits per heavy atom. The normalized spacial score (nSPS) is 13.9. The lowest BCUT2D eigenvalue weighted by Gasteiger charge is -2.14. The summed E-state index contributed by atoms with van der Waals surface area (Å²) in [5.41, 5.74) is 0. The maximum absolute atomic E-state index is 11.2. The third-order valence-electron chi connectivity index (χ3n) is 1.87. The van der Waals surface area contributed by atoms with Gasteiger partial charge in [-0.1, -0.05) is 0 Å². The van der Waals surface area contributed by atoms with Gasteiger partial charge in [0.2, 0.25) is 0 Å². The predicted octanol–water partition coefficient (Wildman–Crippen LogP) is -0.127. The summed E-state index contributed by atoms with van der Waals surface area (Å²) in [5, 5.41) is 22.2. The fraction of sp³-hybridized carbons (Fsp3) is 0.778. The molecule has 0 fully saturated rings. The van der Waals surface area contributed by atoms with Crippen LogP contribution >= 0.6 is 11.8 Å². The molecule has 2 amide bonds. The molecule has 4 N–H and O–H groups in total. The number of urea groups is 1. The van der Waals surface area contributed by atoms with Crippen LogP contribution in [0.5, 0.6) is 0 Å². The second-order valence-corrected chi connectivity index (χ2v) is 4.38. The summed E-state index contributed by atoms with van der Waals surface area (Å²) < 4.78 is 0. The molecule has 0 aromatic heterocycles. The molecule has 0 aliphatic rings. The van der Waals surface area contributed by atoms with Crippen LogP contribution in [-0.4, -0.2) is 52.9 Å². The molecule has 94 valence electrons. The highest BCUT2D eigenvalue weighted by molar-refractivity contribution is 7.98. The zero-order chi connectivity index (χ0) is 12.6. The van der Waals surface area contributed by atoms with E-state index in [-0.39, 0.29) is 12.6 Å². The number of thioether (sulfide) groups is 1. The minimum atomic E-state index is -1.56. The zero-order valence-corrected chi connectivity index (χ0v) is 10.2. The molecule has 0 rings (SSSR count). The predicted molar refractivity (Wildman–Crippen MR) is 62.6 cm³/mol. The molecule has 0 saturated carbocycles. The summed E-state index contributed by atoms with van der Waals surface area (Å²) >= 11 is 1.69. The van der Waals surface area contributed by atoms with Gasteiger partial charge in [-0.15, -0.1) is 0 Å². The number of aliphatic hydroxyl groups is 1. The first-order valence-electron chi connectivity index (χ1n) is 4.91. The Labute approximate surface area is 98.8 Å². The topological polar surface area (TPSA) is 98.7 Å². The Kier molecular flexibility index (Phi) is 7.74. The number of amides is 2. The first-order chi connectivity index (χ1) is 7.47. The van der Waals surface area contributed by atoms with Crippen LogP contribution in [0, 0.1) is 0 Å². The molecular weight excluding hydrogens is 232 g/mol. The van der Waals surface area contributed by atoms with Crippen molar-refractivity contribution in [3.05, 3.63) is 0 Å². The van der Waals surface area contributed by atoms with Crippen molar-refractivity contribution in [2.24, 2.45) is 0 Å². The molecule has 0 bridgehead atoms. The zero-order valence-electron chi connectivity index (χ0n) is 9.40. The first-order valence-corrected chi connectivity index (χ1v) is 6.31.